The number of aromatic nitrogens is 3. The van der Waals surface area contributed by atoms with Crippen LogP contribution in [0.5, 0.6) is 0 Å². The Kier molecular flexibility index (Phi) is 13.6. The molecule has 7 heteroatoms. The minimum absolute atomic E-state index is 0.0637. The third-order valence-corrected chi connectivity index (χ3v) is 7.69. The van der Waals surface area contributed by atoms with Crippen LogP contribution < -0.4 is 11.1 Å². The first-order valence-corrected chi connectivity index (χ1v) is 15.5. The lowest BCUT2D eigenvalue weighted by Crippen LogP contribution is -2.07. The molecule has 0 atom stereocenters. The van der Waals surface area contributed by atoms with Crippen LogP contribution in [0.4, 0.5) is 4.39 Å². The van der Waals surface area contributed by atoms with Crippen LogP contribution in [0.3, 0.4) is 0 Å². The quantitative estimate of drug-likeness (QED) is 0.121. The Morgan fingerprint density at radius 2 is 1.65 bits per heavy atom. The van der Waals surface area contributed by atoms with Gasteiger partial charge in [-0.15, -0.1) is 0 Å². The highest BCUT2D eigenvalue weighted by molar-refractivity contribution is 5.96. The molecule has 3 aromatic carbocycles. The fourth-order valence-electron chi connectivity index (χ4n) is 5.33. The molecule has 0 saturated carbocycles. The summed E-state index contributed by atoms with van der Waals surface area (Å²) in [6, 6.07) is 17.9. The van der Waals surface area contributed by atoms with Crippen molar-refractivity contribution in [2.45, 2.75) is 53.5 Å². The number of aryl methyl sites for hydroxylation is 4. The van der Waals surface area contributed by atoms with E-state index in [9.17, 15) is 9.18 Å². The Balaban J connectivity index is 0.000000233. The summed E-state index contributed by atoms with van der Waals surface area (Å²) in [7, 11) is 1.94. The second kappa shape index (κ2) is 17.6. The van der Waals surface area contributed by atoms with Gasteiger partial charge in [0.15, 0.2) is 0 Å². The number of rotatable bonds is 10. The second-order valence-corrected chi connectivity index (χ2v) is 11.2. The Bertz CT molecular complexity index is 1770. The van der Waals surface area contributed by atoms with Crippen molar-refractivity contribution in [1.29, 1.82) is 0 Å². The monoisotopic (exact) mass is 619 g/mol. The molecule has 6 nitrogen and oxygen atoms in total. The zero-order valence-electron chi connectivity index (χ0n) is 27.7. The molecule has 0 saturated heterocycles. The van der Waals surface area contributed by atoms with Crippen molar-refractivity contribution in [3.63, 3.8) is 0 Å². The summed E-state index contributed by atoms with van der Waals surface area (Å²) in [5.74, 6) is 0.693. The second-order valence-electron chi connectivity index (χ2n) is 11.2. The number of nitrogens with zero attached hydrogens (tertiary/aromatic N) is 3. The standard InChI is InChI=1S/C19H19N3O.C18H22FN.C2H5N/c1-12(2)18-11-22(5-6-23)19-7-13(3)16(8-17(18)19)15-9-20-14(4)21-10-15;1-14-8-3-4-11-16(14)17-12-7-10-15(18(17)19)9-5-6-13-20-2;1-2-3/h6-11H,1,5H2,2-4H3;3-4,7-8,10-12,20H,5-6,9,13H2,1-2H3;2H,1,3H2. The number of carbonyl (C=O) groups excluding carboxylic acids is 1. The van der Waals surface area contributed by atoms with Crippen LogP contribution in [0, 0.1) is 26.6 Å². The van der Waals surface area contributed by atoms with E-state index in [0.717, 1.165) is 93.3 Å². The molecule has 0 fully saturated rings. The fraction of sp³-hybridized carbons (Fsp3) is 0.256. The van der Waals surface area contributed by atoms with E-state index in [1.807, 2.05) is 93.4 Å². The summed E-state index contributed by atoms with van der Waals surface area (Å²) >= 11 is 0. The number of unbranched alkanes of at least 4 members (excludes halogenated alkanes) is 1. The number of nitrogens with one attached hydrogen (secondary N) is 1. The van der Waals surface area contributed by atoms with Gasteiger partial charge < -0.3 is 20.4 Å². The van der Waals surface area contributed by atoms with Gasteiger partial charge >= 0.3 is 0 Å². The third-order valence-electron chi connectivity index (χ3n) is 7.69. The van der Waals surface area contributed by atoms with Crippen LogP contribution in [0.15, 0.2) is 92.5 Å². The fourth-order valence-corrected chi connectivity index (χ4v) is 5.33. The first kappa shape index (κ1) is 35.6. The van der Waals surface area contributed by atoms with Crippen molar-refractivity contribution in [3.8, 4) is 22.3 Å². The van der Waals surface area contributed by atoms with Crippen molar-refractivity contribution >= 4 is 22.8 Å². The van der Waals surface area contributed by atoms with Crippen LogP contribution >= 0.6 is 0 Å². The first-order chi connectivity index (χ1) is 22.2. The molecule has 0 aliphatic carbocycles. The number of benzene rings is 3. The molecule has 240 valence electrons. The summed E-state index contributed by atoms with van der Waals surface area (Å²) in [5, 5.41) is 4.22. The predicted octanol–water partition coefficient (Wildman–Crippen LogP) is 8.38. The van der Waals surface area contributed by atoms with Gasteiger partial charge in [-0.25, -0.2) is 14.4 Å². The van der Waals surface area contributed by atoms with Crippen LogP contribution in [0.25, 0.3) is 38.7 Å². The number of nitrogens with two attached hydrogens (primary N) is 1. The lowest BCUT2D eigenvalue weighted by Gasteiger charge is -2.10. The van der Waals surface area contributed by atoms with E-state index in [2.05, 4.69) is 53.2 Å². The molecular weight excluding hydrogens is 573 g/mol. The lowest BCUT2D eigenvalue weighted by molar-refractivity contribution is -0.108. The van der Waals surface area contributed by atoms with Crippen molar-refractivity contribution in [3.05, 3.63) is 126 Å². The molecule has 5 rings (SSSR count). The van der Waals surface area contributed by atoms with E-state index < -0.39 is 0 Å². The van der Waals surface area contributed by atoms with E-state index in [-0.39, 0.29) is 5.82 Å². The van der Waals surface area contributed by atoms with Gasteiger partial charge in [-0.05, 0) is 112 Å². The van der Waals surface area contributed by atoms with Gasteiger partial charge in [0.25, 0.3) is 0 Å². The number of allylic oxidation sites excluding steroid dienone is 1. The highest BCUT2D eigenvalue weighted by Gasteiger charge is 2.14. The van der Waals surface area contributed by atoms with E-state index in [1.54, 1.807) is 0 Å². The topological polar surface area (TPSA) is 85.8 Å². The molecule has 2 aromatic heterocycles. The molecule has 0 aliphatic heterocycles. The Labute approximate surface area is 272 Å². The number of aldehydes is 1. The average molecular weight is 620 g/mol. The summed E-state index contributed by atoms with van der Waals surface area (Å²) in [6.07, 6.45) is 10.7. The molecule has 5 aromatic rings. The van der Waals surface area contributed by atoms with Crippen molar-refractivity contribution in [2.75, 3.05) is 13.6 Å². The predicted molar refractivity (Wildman–Crippen MR) is 191 cm³/mol. The Morgan fingerprint density at radius 1 is 0.978 bits per heavy atom. The van der Waals surface area contributed by atoms with E-state index in [0.29, 0.717) is 12.1 Å². The minimum atomic E-state index is -0.0637. The van der Waals surface area contributed by atoms with Gasteiger partial charge in [-0.2, -0.15) is 0 Å². The van der Waals surface area contributed by atoms with Crippen LogP contribution in [0.2, 0.25) is 0 Å². The zero-order valence-corrected chi connectivity index (χ0v) is 27.7. The zero-order chi connectivity index (χ0) is 33.6. The number of fused-ring (bicyclic) bond motifs is 1. The maximum absolute atomic E-state index is 14.6. The number of hydrogen-bond donors (Lipinski definition) is 2. The number of carbonyl (C=O) groups is 1. The van der Waals surface area contributed by atoms with E-state index in [1.165, 1.54) is 6.20 Å². The number of halogens is 1. The summed E-state index contributed by atoms with van der Waals surface area (Å²) in [6.45, 7) is 16.5. The molecule has 0 radical (unpaired) electrons. The van der Waals surface area contributed by atoms with Gasteiger partial charge in [0.2, 0.25) is 0 Å². The average Bonchev–Trinajstić information content (AvgIpc) is 3.39. The SMILES string of the molecule is C=C(C)c1cn(CC=O)c2cc(C)c(-c3cnc(C)nc3)cc12.C=CN.CNCCCCc1cccc(-c2ccccc2C)c1F. The maximum atomic E-state index is 14.6. The van der Waals surface area contributed by atoms with Crippen molar-refractivity contribution in [2.24, 2.45) is 5.73 Å². The molecule has 46 heavy (non-hydrogen) atoms. The van der Waals surface area contributed by atoms with Crippen LogP contribution in [-0.4, -0.2) is 34.4 Å². The smallest absolute Gasteiger partial charge is 0.139 e. The van der Waals surface area contributed by atoms with Gasteiger partial charge in [0, 0.05) is 46.2 Å². The summed E-state index contributed by atoms with van der Waals surface area (Å²) in [5.41, 5.74) is 14.6. The van der Waals surface area contributed by atoms with Gasteiger partial charge in [0.05, 0.1) is 6.54 Å². The Morgan fingerprint density at radius 3 is 2.28 bits per heavy atom. The molecular formula is C39H46FN5O. The van der Waals surface area contributed by atoms with E-state index in [4.69, 9.17) is 0 Å². The van der Waals surface area contributed by atoms with Crippen molar-refractivity contribution < 1.29 is 9.18 Å². The molecule has 0 aliphatic rings. The first-order valence-electron chi connectivity index (χ1n) is 15.5. The molecule has 2 heterocycles. The van der Waals surface area contributed by atoms with Crippen LogP contribution in [-0.2, 0) is 17.8 Å². The Hall–Kier alpha value is -4.88. The molecule has 0 bridgehead atoms. The number of hydrogen-bond acceptors (Lipinski definition) is 5. The van der Waals surface area contributed by atoms with Gasteiger partial charge in [-0.3, -0.25) is 0 Å². The maximum Gasteiger partial charge on any atom is 0.139 e. The van der Waals surface area contributed by atoms with Gasteiger partial charge in [0.1, 0.15) is 17.9 Å². The lowest BCUT2D eigenvalue weighted by atomic mass is 9.96. The normalized spacial score (nSPS) is 10.4. The molecule has 0 amide bonds. The third kappa shape index (κ3) is 9.08. The summed E-state index contributed by atoms with van der Waals surface area (Å²) in [4.78, 5) is 19.5. The van der Waals surface area contributed by atoms with E-state index >= 15 is 0 Å². The largest absolute Gasteiger partial charge is 0.405 e. The summed E-state index contributed by atoms with van der Waals surface area (Å²) < 4.78 is 16.6. The molecule has 0 unspecified atom stereocenters. The van der Waals surface area contributed by atoms with Crippen molar-refractivity contribution in [1.82, 2.24) is 19.9 Å². The minimum Gasteiger partial charge on any atom is -0.405 e. The van der Waals surface area contributed by atoms with Gasteiger partial charge in [-0.1, -0.05) is 55.6 Å². The highest BCUT2D eigenvalue weighted by Crippen LogP contribution is 2.33. The molecule has 3 N–H and O–H groups in total. The van der Waals surface area contributed by atoms with Crippen LogP contribution in [0.1, 0.15) is 47.8 Å². The highest BCUT2D eigenvalue weighted by atomic mass is 19.1. The molecule has 0 spiro atoms.